The first-order valence-electron chi connectivity index (χ1n) is 8.19. The number of likely N-dealkylation sites (tertiary alicyclic amines) is 1. The minimum Gasteiger partial charge on any atom is -0.299 e. The molecule has 1 saturated heterocycles. The van der Waals surface area contributed by atoms with Gasteiger partial charge in [0.1, 0.15) is 11.0 Å². The van der Waals surface area contributed by atoms with Gasteiger partial charge in [-0.15, -0.1) is 10.2 Å². The van der Waals surface area contributed by atoms with Crippen molar-refractivity contribution in [1.29, 1.82) is 0 Å². The Bertz CT molecular complexity index is 728. The molecule has 0 radical (unpaired) electrons. The number of carbonyl (C=O) groups is 3. The first-order chi connectivity index (χ1) is 11.5. The van der Waals surface area contributed by atoms with Crippen LogP contribution in [0.1, 0.15) is 25.3 Å². The number of rotatable bonds is 4. The number of carbonyl (C=O) groups excluding carboxylic acids is 3. The first kappa shape index (κ1) is 15.4. The topological polar surface area (TPSA) is 92.3 Å². The molecule has 24 heavy (non-hydrogen) atoms. The van der Waals surface area contributed by atoms with E-state index in [0.717, 1.165) is 22.7 Å². The molecule has 0 spiro atoms. The number of aromatic nitrogens is 2. The maximum Gasteiger partial charge on any atom is 0.249 e. The summed E-state index contributed by atoms with van der Waals surface area (Å²) < 4.78 is 0. The van der Waals surface area contributed by atoms with Crippen LogP contribution in [-0.2, 0) is 20.8 Å². The van der Waals surface area contributed by atoms with Crippen LogP contribution in [0.3, 0.4) is 0 Å². The molecule has 2 fully saturated rings. The van der Waals surface area contributed by atoms with E-state index in [2.05, 4.69) is 15.5 Å². The smallest absolute Gasteiger partial charge is 0.249 e. The predicted molar refractivity (Wildman–Crippen MR) is 86.9 cm³/mol. The molecule has 2 bridgehead atoms. The molecule has 1 saturated carbocycles. The molecular weight excluding hydrogens is 328 g/mol. The average molecular weight is 346 g/mol. The number of hydrogen-bond acceptors (Lipinski definition) is 6. The van der Waals surface area contributed by atoms with E-state index in [4.69, 9.17) is 0 Å². The fourth-order valence-electron chi connectivity index (χ4n) is 4.08. The number of nitrogens with one attached hydrogen (secondary N) is 1. The number of anilines is 1. The normalized spacial score (nSPS) is 31.7. The van der Waals surface area contributed by atoms with Gasteiger partial charge in [0.2, 0.25) is 22.9 Å². The molecule has 2 heterocycles. The summed E-state index contributed by atoms with van der Waals surface area (Å²) in [6.45, 7) is 3.54. The van der Waals surface area contributed by atoms with E-state index in [1.54, 1.807) is 6.92 Å². The SMILES string of the molecule is CCc1nnc(NC(=O)[C@H](C)N2C(=O)[C@H]3[C@H](C2=O)[C@H]2C=C[C@H]3C2)s1. The first-order valence-corrected chi connectivity index (χ1v) is 9.01. The summed E-state index contributed by atoms with van der Waals surface area (Å²) in [5, 5.41) is 11.7. The van der Waals surface area contributed by atoms with E-state index in [0.29, 0.717) is 5.13 Å². The van der Waals surface area contributed by atoms with Crippen LogP contribution in [0.25, 0.3) is 0 Å². The highest BCUT2D eigenvalue weighted by Crippen LogP contribution is 2.52. The predicted octanol–water partition coefficient (Wildman–Crippen LogP) is 1.23. The van der Waals surface area contributed by atoms with Crippen molar-refractivity contribution in [1.82, 2.24) is 15.1 Å². The highest BCUT2D eigenvalue weighted by molar-refractivity contribution is 7.15. The fourth-order valence-corrected chi connectivity index (χ4v) is 4.76. The Morgan fingerprint density at radius 1 is 1.29 bits per heavy atom. The van der Waals surface area contributed by atoms with Crippen molar-refractivity contribution in [2.45, 2.75) is 32.7 Å². The summed E-state index contributed by atoms with van der Waals surface area (Å²) in [5.41, 5.74) is 0. The van der Waals surface area contributed by atoms with Crippen LogP contribution in [0.4, 0.5) is 5.13 Å². The van der Waals surface area contributed by atoms with Gasteiger partial charge in [0.15, 0.2) is 0 Å². The van der Waals surface area contributed by atoms with Crippen molar-refractivity contribution >= 4 is 34.2 Å². The second kappa shape index (κ2) is 5.47. The number of aryl methyl sites for hydroxylation is 1. The molecule has 0 aromatic carbocycles. The summed E-state index contributed by atoms with van der Waals surface area (Å²) in [6.07, 6.45) is 5.70. The van der Waals surface area contributed by atoms with E-state index in [1.165, 1.54) is 11.3 Å². The summed E-state index contributed by atoms with van der Waals surface area (Å²) in [6, 6.07) is -0.844. The zero-order chi connectivity index (χ0) is 17.0. The highest BCUT2D eigenvalue weighted by Gasteiger charge is 2.60. The summed E-state index contributed by atoms with van der Waals surface area (Å²) in [5.74, 6) is -1.10. The summed E-state index contributed by atoms with van der Waals surface area (Å²) >= 11 is 1.30. The molecule has 4 rings (SSSR count). The molecule has 5 atom stereocenters. The number of hydrogen-bond donors (Lipinski definition) is 1. The van der Waals surface area contributed by atoms with Gasteiger partial charge in [-0.2, -0.15) is 0 Å². The zero-order valence-corrected chi connectivity index (χ0v) is 14.2. The van der Waals surface area contributed by atoms with Crippen molar-refractivity contribution < 1.29 is 14.4 Å². The fraction of sp³-hybridized carbons (Fsp3) is 0.562. The summed E-state index contributed by atoms with van der Waals surface area (Å²) in [7, 11) is 0. The molecule has 3 aliphatic rings. The summed E-state index contributed by atoms with van der Waals surface area (Å²) in [4.78, 5) is 39.0. The van der Waals surface area contributed by atoms with Gasteiger partial charge in [-0.25, -0.2) is 0 Å². The van der Waals surface area contributed by atoms with Crippen LogP contribution >= 0.6 is 11.3 Å². The number of allylic oxidation sites excluding steroid dienone is 2. The number of imide groups is 1. The molecular formula is C16H18N4O3S. The quantitative estimate of drug-likeness (QED) is 0.654. The molecule has 0 unspecified atom stereocenters. The van der Waals surface area contributed by atoms with Crippen molar-refractivity contribution in [3.63, 3.8) is 0 Å². The lowest BCUT2D eigenvalue weighted by Gasteiger charge is -2.23. The number of fused-ring (bicyclic) bond motifs is 5. The molecule has 8 heteroatoms. The van der Waals surface area contributed by atoms with Crippen molar-refractivity contribution in [3.8, 4) is 0 Å². The van der Waals surface area contributed by atoms with E-state index in [1.807, 2.05) is 19.1 Å². The van der Waals surface area contributed by atoms with Crippen LogP contribution in [0.2, 0.25) is 0 Å². The van der Waals surface area contributed by atoms with Crippen molar-refractivity contribution in [2.75, 3.05) is 5.32 Å². The zero-order valence-electron chi connectivity index (χ0n) is 13.4. The van der Waals surface area contributed by atoms with Crippen LogP contribution in [-0.4, -0.2) is 38.9 Å². The second-order valence-electron chi connectivity index (χ2n) is 6.57. The Morgan fingerprint density at radius 2 is 1.92 bits per heavy atom. The number of nitrogens with zero attached hydrogens (tertiary/aromatic N) is 3. The lowest BCUT2D eigenvalue weighted by atomic mass is 9.85. The third kappa shape index (κ3) is 2.12. The monoisotopic (exact) mass is 346 g/mol. The van der Waals surface area contributed by atoms with Gasteiger partial charge in [0, 0.05) is 0 Å². The van der Waals surface area contributed by atoms with Crippen LogP contribution in [0.15, 0.2) is 12.2 Å². The molecule has 1 aromatic rings. The van der Waals surface area contributed by atoms with Crippen LogP contribution in [0, 0.1) is 23.7 Å². The highest BCUT2D eigenvalue weighted by atomic mass is 32.1. The third-order valence-electron chi connectivity index (χ3n) is 5.27. The van der Waals surface area contributed by atoms with Gasteiger partial charge in [-0.05, 0) is 31.6 Å². The van der Waals surface area contributed by atoms with Crippen molar-refractivity contribution in [3.05, 3.63) is 17.2 Å². The molecule has 1 aromatic heterocycles. The van der Waals surface area contributed by atoms with Gasteiger partial charge in [0.25, 0.3) is 0 Å². The van der Waals surface area contributed by atoms with E-state index < -0.39 is 11.9 Å². The average Bonchev–Trinajstić information content (AvgIpc) is 3.31. The van der Waals surface area contributed by atoms with Crippen molar-refractivity contribution in [2.24, 2.45) is 23.7 Å². The van der Waals surface area contributed by atoms with E-state index in [-0.39, 0.29) is 35.5 Å². The van der Waals surface area contributed by atoms with Gasteiger partial charge < -0.3 is 0 Å². The van der Waals surface area contributed by atoms with E-state index in [9.17, 15) is 14.4 Å². The van der Waals surface area contributed by atoms with Gasteiger partial charge in [0.05, 0.1) is 11.8 Å². The third-order valence-corrected chi connectivity index (χ3v) is 6.25. The maximum atomic E-state index is 12.7. The lowest BCUT2D eigenvalue weighted by Crippen LogP contribution is -2.46. The maximum absolute atomic E-state index is 12.7. The minimum atomic E-state index is -0.844. The van der Waals surface area contributed by atoms with Gasteiger partial charge >= 0.3 is 0 Å². The number of amides is 3. The Balaban J connectivity index is 1.50. The Kier molecular flexibility index (Phi) is 3.52. The van der Waals surface area contributed by atoms with Gasteiger partial charge in [-0.1, -0.05) is 30.4 Å². The van der Waals surface area contributed by atoms with Crippen LogP contribution in [0.5, 0.6) is 0 Å². The molecule has 1 N–H and O–H groups in total. The lowest BCUT2D eigenvalue weighted by molar-refractivity contribution is -0.146. The molecule has 7 nitrogen and oxygen atoms in total. The molecule has 126 valence electrons. The minimum absolute atomic E-state index is 0.145. The van der Waals surface area contributed by atoms with Crippen LogP contribution < -0.4 is 5.32 Å². The largest absolute Gasteiger partial charge is 0.299 e. The van der Waals surface area contributed by atoms with E-state index >= 15 is 0 Å². The second-order valence-corrected chi connectivity index (χ2v) is 7.63. The standard InChI is InChI=1S/C16H18N4O3S/c1-3-10-18-19-16(24-10)17-13(21)7(2)20-14(22)11-8-4-5-9(6-8)12(11)15(20)23/h4-5,7-9,11-12H,3,6H2,1-2H3,(H,17,19,21)/t7-,8-,9-,11+,12+/m0/s1. The Hall–Kier alpha value is -2.09. The van der Waals surface area contributed by atoms with Gasteiger partial charge in [-0.3, -0.25) is 24.6 Å². The molecule has 1 aliphatic heterocycles. The Labute approximate surface area is 143 Å². The molecule has 2 aliphatic carbocycles. The Morgan fingerprint density at radius 3 is 2.46 bits per heavy atom. The molecule has 3 amide bonds.